The molecule has 2 N–H and O–H groups in total. The molecule has 24 heavy (non-hydrogen) atoms. The highest BCUT2D eigenvalue weighted by Crippen LogP contribution is 2.20. The summed E-state index contributed by atoms with van der Waals surface area (Å²) in [6.45, 7) is 0.762. The number of amides is 1. The quantitative estimate of drug-likeness (QED) is 0.739. The molecule has 0 aliphatic rings. The van der Waals surface area contributed by atoms with Crippen LogP contribution in [0.2, 0.25) is 0 Å². The van der Waals surface area contributed by atoms with Gasteiger partial charge in [-0.05, 0) is 25.0 Å². The molecule has 7 heteroatoms. The first-order valence-electron chi connectivity index (χ1n) is 7.75. The van der Waals surface area contributed by atoms with Crippen molar-refractivity contribution in [3.63, 3.8) is 0 Å². The molecule has 0 fully saturated rings. The molecule has 132 valence electrons. The number of nitrogens with two attached hydrogens (primary N) is 1. The summed E-state index contributed by atoms with van der Waals surface area (Å²) in [5.41, 5.74) is 6.66. The zero-order valence-electron chi connectivity index (χ0n) is 13.7. The van der Waals surface area contributed by atoms with E-state index in [-0.39, 0.29) is 30.7 Å². The number of hydrogen-bond acceptors (Lipinski definition) is 4. The van der Waals surface area contributed by atoms with Crippen molar-refractivity contribution >= 4 is 18.3 Å². The Morgan fingerprint density at radius 3 is 2.79 bits per heavy atom. The zero-order chi connectivity index (χ0) is 16.7. The van der Waals surface area contributed by atoms with Crippen LogP contribution in [0.15, 0.2) is 34.9 Å². The molecule has 2 rings (SSSR count). The number of benzene rings is 1. The maximum atomic E-state index is 13.2. The van der Waals surface area contributed by atoms with Crippen LogP contribution in [0.1, 0.15) is 25.0 Å². The molecule has 0 saturated carbocycles. The van der Waals surface area contributed by atoms with E-state index in [9.17, 15) is 9.18 Å². The van der Waals surface area contributed by atoms with Gasteiger partial charge in [0.05, 0.1) is 6.54 Å². The lowest BCUT2D eigenvalue weighted by molar-refractivity contribution is -0.128. The molecular weight excluding hydrogens is 333 g/mol. The van der Waals surface area contributed by atoms with Crippen LogP contribution in [0.5, 0.6) is 0 Å². The predicted octanol–water partition coefficient (Wildman–Crippen LogP) is 3.03. The Morgan fingerprint density at radius 1 is 1.29 bits per heavy atom. The number of likely N-dealkylation sites (N-methyl/N-ethyl adjacent to an activating group) is 1. The van der Waals surface area contributed by atoms with E-state index in [4.69, 9.17) is 10.3 Å². The van der Waals surface area contributed by atoms with E-state index >= 15 is 0 Å². The highest BCUT2D eigenvalue weighted by molar-refractivity contribution is 5.85. The van der Waals surface area contributed by atoms with Crippen LogP contribution in [-0.2, 0) is 11.2 Å². The van der Waals surface area contributed by atoms with E-state index in [2.05, 4.69) is 5.16 Å². The van der Waals surface area contributed by atoms with Crippen LogP contribution < -0.4 is 5.73 Å². The van der Waals surface area contributed by atoms with Crippen molar-refractivity contribution in [3.8, 4) is 11.3 Å². The summed E-state index contributed by atoms with van der Waals surface area (Å²) in [7, 11) is 1.76. The lowest BCUT2D eigenvalue weighted by atomic mass is 10.1. The molecule has 1 aromatic heterocycles. The first-order chi connectivity index (χ1) is 11.1. The second-order valence-corrected chi connectivity index (χ2v) is 5.52. The smallest absolute Gasteiger partial charge is 0.236 e. The van der Waals surface area contributed by atoms with Gasteiger partial charge in [0.2, 0.25) is 5.91 Å². The van der Waals surface area contributed by atoms with Crippen molar-refractivity contribution in [1.82, 2.24) is 10.1 Å². The fourth-order valence-electron chi connectivity index (χ4n) is 2.32. The fraction of sp³-hybridized carbons (Fsp3) is 0.412. The molecule has 0 atom stereocenters. The molecule has 1 aromatic carbocycles. The van der Waals surface area contributed by atoms with Crippen molar-refractivity contribution in [1.29, 1.82) is 0 Å². The summed E-state index contributed by atoms with van der Waals surface area (Å²) >= 11 is 0. The molecule has 0 radical (unpaired) electrons. The molecule has 0 spiro atoms. The number of aryl methyl sites for hydroxylation is 1. The fourth-order valence-corrected chi connectivity index (χ4v) is 2.32. The van der Waals surface area contributed by atoms with Gasteiger partial charge in [0.15, 0.2) is 0 Å². The lowest BCUT2D eigenvalue weighted by Gasteiger charge is -2.15. The summed E-state index contributed by atoms with van der Waals surface area (Å²) in [6, 6.07) is 8.13. The highest BCUT2D eigenvalue weighted by atomic mass is 35.5. The molecule has 0 aliphatic carbocycles. The van der Waals surface area contributed by atoms with E-state index in [0.717, 1.165) is 31.4 Å². The minimum absolute atomic E-state index is 0. The van der Waals surface area contributed by atoms with Gasteiger partial charge in [0.1, 0.15) is 17.3 Å². The van der Waals surface area contributed by atoms with E-state index < -0.39 is 0 Å². The summed E-state index contributed by atoms with van der Waals surface area (Å²) in [5, 5.41) is 3.98. The van der Waals surface area contributed by atoms with E-state index in [1.807, 2.05) is 6.07 Å². The van der Waals surface area contributed by atoms with E-state index in [1.165, 1.54) is 12.1 Å². The average Bonchev–Trinajstić information content (AvgIpc) is 3.02. The first-order valence-corrected chi connectivity index (χ1v) is 7.75. The number of hydrogen-bond donors (Lipinski definition) is 1. The second kappa shape index (κ2) is 10.1. The van der Waals surface area contributed by atoms with Gasteiger partial charge >= 0.3 is 0 Å². The van der Waals surface area contributed by atoms with E-state index in [1.54, 1.807) is 24.1 Å². The predicted molar refractivity (Wildman–Crippen MR) is 93.4 cm³/mol. The Bertz CT molecular complexity index is 648. The SMILES string of the molecule is CN(CCCCCc1cc(-c2cccc(F)c2)no1)C(=O)CN.Cl. The largest absolute Gasteiger partial charge is 0.361 e. The monoisotopic (exact) mass is 355 g/mol. The number of halogens is 2. The topological polar surface area (TPSA) is 72.4 Å². The summed E-state index contributed by atoms with van der Waals surface area (Å²) in [4.78, 5) is 13.0. The van der Waals surface area contributed by atoms with E-state index in [0.29, 0.717) is 17.8 Å². The number of unbranched alkanes of at least 4 members (excludes halogenated alkanes) is 2. The number of carbonyl (C=O) groups is 1. The van der Waals surface area contributed by atoms with Gasteiger partial charge < -0.3 is 15.2 Å². The molecule has 0 unspecified atom stereocenters. The maximum Gasteiger partial charge on any atom is 0.236 e. The molecule has 0 saturated heterocycles. The molecule has 0 aliphatic heterocycles. The standard InChI is InChI=1S/C17H22FN3O2.ClH/c1-21(17(22)12-19)9-4-2-3-8-15-11-16(20-23-15)13-6-5-7-14(18)10-13;/h5-7,10-11H,2-4,8-9,12,19H2,1H3;1H. The Kier molecular flexibility index (Phi) is 8.43. The Balaban J connectivity index is 0.00000288. The van der Waals surface area contributed by atoms with Gasteiger partial charge in [-0.1, -0.05) is 23.7 Å². The molecule has 1 amide bonds. The maximum absolute atomic E-state index is 13.2. The van der Waals surface area contributed by atoms with Gasteiger partial charge in [-0.15, -0.1) is 12.4 Å². The number of aromatic nitrogens is 1. The zero-order valence-corrected chi connectivity index (χ0v) is 14.5. The van der Waals surface area contributed by atoms with Gasteiger partial charge in [-0.25, -0.2) is 4.39 Å². The van der Waals surface area contributed by atoms with Crippen LogP contribution in [0.3, 0.4) is 0 Å². The highest BCUT2D eigenvalue weighted by Gasteiger charge is 2.08. The molecular formula is C17H23ClFN3O2. The summed E-state index contributed by atoms with van der Waals surface area (Å²) < 4.78 is 18.5. The van der Waals surface area contributed by atoms with Crippen LogP contribution in [0.25, 0.3) is 11.3 Å². The van der Waals surface area contributed by atoms with Crippen molar-refractivity contribution in [3.05, 3.63) is 41.9 Å². The van der Waals surface area contributed by atoms with Crippen molar-refractivity contribution in [2.75, 3.05) is 20.1 Å². The van der Waals surface area contributed by atoms with Crippen molar-refractivity contribution < 1.29 is 13.7 Å². The Labute approximate surface area is 147 Å². The normalized spacial score (nSPS) is 10.3. The average molecular weight is 356 g/mol. The summed E-state index contributed by atoms with van der Waals surface area (Å²) in [5.74, 6) is 0.457. The second-order valence-electron chi connectivity index (χ2n) is 5.52. The van der Waals surface area contributed by atoms with Gasteiger partial charge in [-0.3, -0.25) is 4.79 Å². The minimum Gasteiger partial charge on any atom is -0.361 e. The molecule has 1 heterocycles. The van der Waals surface area contributed by atoms with Gasteiger partial charge in [0.25, 0.3) is 0 Å². The van der Waals surface area contributed by atoms with Crippen LogP contribution in [-0.4, -0.2) is 36.1 Å². The first kappa shape index (κ1) is 20.1. The Morgan fingerprint density at radius 2 is 2.08 bits per heavy atom. The third-order valence-corrected chi connectivity index (χ3v) is 3.70. The van der Waals surface area contributed by atoms with Crippen LogP contribution in [0, 0.1) is 5.82 Å². The molecule has 0 bridgehead atoms. The lowest BCUT2D eigenvalue weighted by Crippen LogP contribution is -2.33. The summed E-state index contributed by atoms with van der Waals surface area (Å²) in [6.07, 6.45) is 3.63. The number of carbonyl (C=O) groups excluding carboxylic acids is 1. The minimum atomic E-state index is -0.289. The molecule has 2 aromatic rings. The molecule has 5 nitrogen and oxygen atoms in total. The van der Waals surface area contributed by atoms with Gasteiger partial charge in [0, 0.05) is 31.6 Å². The van der Waals surface area contributed by atoms with Gasteiger partial charge in [-0.2, -0.15) is 0 Å². The Hall–Kier alpha value is -1.92. The third-order valence-electron chi connectivity index (χ3n) is 3.70. The third kappa shape index (κ3) is 5.94. The van der Waals surface area contributed by atoms with Crippen molar-refractivity contribution in [2.45, 2.75) is 25.7 Å². The number of rotatable bonds is 8. The van der Waals surface area contributed by atoms with Crippen LogP contribution >= 0.6 is 12.4 Å². The van der Waals surface area contributed by atoms with Crippen molar-refractivity contribution in [2.24, 2.45) is 5.73 Å². The van der Waals surface area contributed by atoms with Crippen LogP contribution in [0.4, 0.5) is 4.39 Å². The number of nitrogens with zero attached hydrogens (tertiary/aromatic N) is 2.